The maximum Gasteiger partial charge on any atom is 0.494 e. The van der Waals surface area contributed by atoms with Crippen LogP contribution in [0.4, 0.5) is 10.5 Å². The number of benzene rings is 1. The summed E-state index contributed by atoms with van der Waals surface area (Å²) in [6, 6.07) is 6.60. The minimum Gasteiger partial charge on any atom is -0.444 e. The molecule has 2 aliphatic heterocycles. The Bertz CT molecular complexity index is 932. The van der Waals surface area contributed by atoms with Crippen molar-refractivity contribution in [3.8, 4) is 6.07 Å². The van der Waals surface area contributed by atoms with Gasteiger partial charge in [-0.05, 0) is 78.9 Å². The first-order chi connectivity index (χ1) is 14.7. The van der Waals surface area contributed by atoms with E-state index in [2.05, 4.69) is 11.4 Å². The predicted molar refractivity (Wildman–Crippen MR) is 121 cm³/mol. The topological polar surface area (TPSA) is 101 Å². The summed E-state index contributed by atoms with van der Waals surface area (Å²) in [5.74, 6) is -0.340. The number of hydrogen-bond donors (Lipinski definition) is 1. The van der Waals surface area contributed by atoms with Crippen molar-refractivity contribution in [1.29, 1.82) is 5.26 Å². The number of anilines is 1. The van der Waals surface area contributed by atoms with E-state index in [1.807, 2.05) is 27.7 Å². The van der Waals surface area contributed by atoms with E-state index in [1.54, 1.807) is 39.0 Å². The van der Waals surface area contributed by atoms with Crippen molar-refractivity contribution in [1.82, 2.24) is 4.90 Å². The molecular weight excluding hydrogens is 409 g/mol. The number of carbonyl (C=O) groups excluding carboxylic acids is 2. The molecule has 32 heavy (non-hydrogen) atoms. The molecule has 3 rings (SSSR count). The molecule has 172 valence electrons. The first kappa shape index (κ1) is 24.1. The molecule has 1 aromatic carbocycles. The van der Waals surface area contributed by atoms with Crippen molar-refractivity contribution in [3.63, 3.8) is 0 Å². The average Bonchev–Trinajstić information content (AvgIpc) is 3.23. The molecular formula is C23H32BN3O5. The van der Waals surface area contributed by atoms with Crippen LogP contribution in [0.2, 0.25) is 0 Å². The van der Waals surface area contributed by atoms with E-state index in [0.717, 1.165) is 0 Å². The molecule has 0 spiro atoms. The Kier molecular flexibility index (Phi) is 6.33. The summed E-state index contributed by atoms with van der Waals surface area (Å²) in [5.41, 5.74) is -0.246. The molecule has 0 radical (unpaired) electrons. The van der Waals surface area contributed by atoms with Crippen molar-refractivity contribution < 1.29 is 23.6 Å². The van der Waals surface area contributed by atoms with Gasteiger partial charge in [0.05, 0.1) is 22.5 Å². The Hall–Kier alpha value is -2.57. The van der Waals surface area contributed by atoms with Gasteiger partial charge in [-0.3, -0.25) is 9.69 Å². The number of nitriles is 1. The molecule has 2 saturated heterocycles. The van der Waals surface area contributed by atoms with Crippen LogP contribution in [0.5, 0.6) is 0 Å². The highest BCUT2D eigenvalue weighted by molar-refractivity contribution is 6.62. The molecule has 1 unspecified atom stereocenters. The van der Waals surface area contributed by atoms with Crippen LogP contribution in [0.1, 0.15) is 66.9 Å². The second kappa shape index (κ2) is 8.41. The second-order valence-electron chi connectivity index (χ2n) is 10.3. The highest BCUT2D eigenvalue weighted by atomic mass is 16.7. The Balaban J connectivity index is 1.74. The first-order valence-electron chi connectivity index (χ1n) is 10.9. The van der Waals surface area contributed by atoms with Gasteiger partial charge in [-0.2, -0.15) is 5.26 Å². The van der Waals surface area contributed by atoms with E-state index >= 15 is 0 Å². The number of hydrogen-bond acceptors (Lipinski definition) is 6. The summed E-state index contributed by atoms with van der Waals surface area (Å²) in [6.07, 6.45) is 0.745. The van der Waals surface area contributed by atoms with Gasteiger partial charge in [0.2, 0.25) is 5.91 Å². The van der Waals surface area contributed by atoms with Crippen molar-refractivity contribution in [3.05, 3.63) is 23.8 Å². The number of likely N-dealkylation sites (tertiary alicyclic amines) is 1. The van der Waals surface area contributed by atoms with Gasteiger partial charge in [-0.25, -0.2) is 4.79 Å². The van der Waals surface area contributed by atoms with Gasteiger partial charge in [0.25, 0.3) is 0 Å². The molecule has 0 bridgehead atoms. The molecule has 1 N–H and O–H groups in total. The fourth-order valence-corrected chi connectivity index (χ4v) is 3.68. The summed E-state index contributed by atoms with van der Waals surface area (Å²) >= 11 is 0. The molecule has 2 amide bonds. The van der Waals surface area contributed by atoms with Crippen LogP contribution in [0, 0.1) is 11.3 Å². The van der Waals surface area contributed by atoms with Crippen molar-refractivity contribution in [2.45, 2.75) is 84.2 Å². The van der Waals surface area contributed by atoms with E-state index in [4.69, 9.17) is 14.0 Å². The molecule has 2 fully saturated rings. The van der Waals surface area contributed by atoms with Gasteiger partial charge in [0.1, 0.15) is 17.7 Å². The molecule has 2 heterocycles. The van der Waals surface area contributed by atoms with Crippen LogP contribution in [0.25, 0.3) is 0 Å². The maximum atomic E-state index is 13.0. The zero-order chi connectivity index (χ0) is 23.9. The van der Waals surface area contributed by atoms with Crippen LogP contribution >= 0.6 is 0 Å². The lowest BCUT2D eigenvalue weighted by Gasteiger charge is -2.32. The largest absolute Gasteiger partial charge is 0.494 e. The Morgan fingerprint density at radius 2 is 1.84 bits per heavy atom. The van der Waals surface area contributed by atoms with Crippen LogP contribution in [-0.2, 0) is 18.8 Å². The van der Waals surface area contributed by atoms with Crippen molar-refractivity contribution in [2.24, 2.45) is 0 Å². The fourth-order valence-electron chi connectivity index (χ4n) is 3.68. The van der Waals surface area contributed by atoms with Gasteiger partial charge in [0, 0.05) is 6.54 Å². The normalized spacial score (nSPS) is 21.9. The highest BCUT2D eigenvalue weighted by Crippen LogP contribution is 2.36. The maximum absolute atomic E-state index is 13.0. The third-order valence-electron chi connectivity index (χ3n) is 6.13. The zero-order valence-corrected chi connectivity index (χ0v) is 19.9. The molecule has 9 heteroatoms. The molecule has 2 aliphatic rings. The monoisotopic (exact) mass is 441 g/mol. The van der Waals surface area contributed by atoms with Crippen LogP contribution in [0.15, 0.2) is 18.2 Å². The standard InChI is InChI=1S/C23H32BN3O5/c1-21(2,3)30-20(29)27-12-8-9-18(27)19(28)26-17-11-10-16(13-15(17)14-25)24-31-22(4,5)23(6,7)32-24/h10-11,13,18H,8-9,12H2,1-7H3,(H,26,28). The van der Waals surface area contributed by atoms with Gasteiger partial charge >= 0.3 is 13.2 Å². The van der Waals surface area contributed by atoms with Gasteiger partial charge in [-0.1, -0.05) is 6.07 Å². The number of nitrogens with zero attached hydrogens (tertiary/aromatic N) is 2. The van der Waals surface area contributed by atoms with E-state index in [9.17, 15) is 14.9 Å². The first-order valence-corrected chi connectivity index (χ1v) is 10.9. The molecule has 1 aromatic rings. The fraction of sp³-hybridized carbons (Fsp3) is 0.609. The zero-order valence-electron chi connectivity index (χ0n) is 19.9. The average molecular weight is 441 g/mol. The third-order valence-corrected chi connectivity index (χ3v) is 6.13. The van der Waals surface area contributed by atoms with Gasteiger partial charge < -0.3 is 19.4 Å². The summed E-state index contributed by atoms with van der Waals surface area (Å²) in [7, 11) is -0.602. The number of ether oxygens (including phenoxy) is 1. The Labute approximate surface area is 190 Å². The lowest BCUT2D eigenvalue weighted by atomic mass is 9.78. The number of nitrogens with one attached hydrogen (secondary N) is 1. The summed E-state index contributed by atoms with van der Waals surface area (Å²) in [5, 5.41) is 12.5. The minimum absolute atomic E-state index is 0.298. The second-order valence-corrected chi connectivity index (χ2v) is 10.3. The van der Waals surface area contributed by atoms with Crippen molar-refractivity contribution >= 4 is 30.3 Å². The number of carbonyl (C=O) groups is 2. The molecule has 0 aromatic heterocycles. The molecule has 1 atom stereocenters. The van der Waals surface area contributed by atoms with Crippen LogP contribution in [0.3, 0.4) is 0 Å². The smallest absolute Gasteiger partial charge is 0.444 e. The minimum atomic E-state index is -0.641. The Morgan fingerprint density at radius 1 is 1.22 bits per heavy atom. The summed E-state index contributed by atoms with van der Waals surface area (Å²) in [6.45, 7) is 13.7. The number of rotatable bonds is 3. The van der Waals surface area contributed by atoms with Gasteiger partial charge in [-0.15, -0.1) is 0 Å². The lowest BCUT2D eigenvalue weighted by molar-refractivity contribution is -0.120. The quantitative estimate of drug-likeness (QED) is 0.723. The molecule has 0 saturated carbocycles. The summed E-state index contributed by atoms with van der Waals surface area (Å²) in [4.78, 5) is 26.9. The number of amides is 2. The SMILES string of the molecule is CC(C)(C)OC(=O)N1CCCC1C(=O)Nc1ccc(B2OC(C)(C)C(C)(C)O2)cc1C#N. The van der Waals surface area contributed by atoms with E-state index < -0.39 is 36.1 Å². The van der Waals surface area contributed by atoms with Crippen LogP contribution in [-0.4, -0.2) is 53.4 Å². The molecule has 0 aliphatic carbocycles. The Morgan fingerprint density at radius 3 is 2.41 bits per heavy atom. The third kappa shape index (κ3) is 4.92. The van der Waals surface area contributed by atoms with Crippen LogP contribution < -0.4 is 10.8 Å². The van der Waals surface area contributed by atoms with E-state index in [1.165, 1.54) is 4.90 Å². The highest BCUT2D eigenvalue weighted by Gasteiger charge is 2.51. The van der Waals surface area contributed by atoms with Gasteiger partial charge in [0.15, 0.2) is 0 Å². The van der Waals surface area contributed by atoms with E-state index in [0.29, 0.717) is 36.1 Å². The predicted octanol–water partition coefficient (Wildman–Crippen LogP) is 3.20. The lowest BCUT2D eigenvalue weighted by Crippen LogP contribution is -2.45. The van der Waals surface area contributed by atoms with E-state index in [-0.39, 0.29) is 5.91 Å². The summed E-state index contributed by atoms with van der Waals surface area (Å²) < 4.78 is 17.5. The van der Waals surface area contributed by atoms with Crippen molar-refractivity contribution in [2.75, 3.05) is 11.9 Å². The molecule has 8 nitrogen and oxygen atoms in total.